The first-order chi connectivity index (χ1) is 16.9. The van der Waals surface area contributed by atoms with Gasteiger partial charge in [-0.1, -0.05) is 0 Å². The van der Waals surface area contributed by atoms with E-state index in [1.54, 1.807) is 58.0 Å². The van der Waals surface area contributed by atoms with Crippen LogP contribution in [0.15, 0.2) is 54.9 Å². The second kappa shape index (κ2) is 10.1. The third kappa shape index (κ3) is 5.49. The zero-order chi connectivity index (χ0) is 24.9. The van der Waals surface area contributed by atoms with Gasteiger partial charge in [0.25, 0.3) is 0 Å². The van der Waals surface area contributed by atoms with Crippen molar-refractivity contribution in [2.24, 2.45) is 5.73 Å². The molecule has 0 atom stereocenters. The van der Waals surface area contributed by atoms with Crippen LogP contribution in [-0.4, -0.2) is 47.0 Å². The first-order valence-electron chi connectivity index (χ1n) is 10.6. The number of nitrogens with zero attached hydrogens (tertiary/aromatic N) is 4. The van der Waals surface area contributed by atoms with Crippen LogP contribution in [0.2, 0.25) is 0 Å². The molecular weight excluding hydrogens is 450 g/mol. The molecule has 0 saturated carbocycles. The largest absolute Gasteiger partial charge is 0.497 e. The van der Waals surface area contributed by atoms with Crippen molar-refractivity contribution in [1.82, 2.24) is 19.7 Å². The molecule has 0 unspecified atom stereocenters. The van der Waals surface area contributed by atoms with Crippen LogP contribution in [0, 0.1) is 6.92 Å². The van der Waals surface area contributed by atoms with Gasteiger partial charge < -0.3 is 24.7 Å². The topological polar surface area (TPSA) is 124 Å². The molecule has 0 bridgehead atoms. The summed E-state index contributed by atoms with van der Waals surface area (Å²) in [5.74, 6) is 1.77. The summed E-state index contributed by atoms with van der Waals surface area (Å²) < 4.78 is 23.4. The zero-order valence-electron chi connectivity index (χ0n) is 19.8. The highest BCUT2D eigenvalue weighted by atomic mass is 16.5. The SMILES string of the molecule is COc1cc(OC)cc(Oc2nccc(-c3cn(CC(N)=O)nc3-c3cc(C)cc(OC)c3)n2)c1. The van der Waals surface area contributed by atoms with Gasteiger partial charge in [-0.05, 0) is 36.8 Å². The minimum absolute atomic E-state index is 0.0754. The van der Waals surface area contributed by atoms with E-state index in [2.05, 4.69) is 15.1 Å². The molecule has 4 aromatic rings. The molecule has 2 aromatic carbocycles. The fourth-order valence-corrected chi connectivity index (χ4v) is 3.55. The molecule has 0 aliphatic rings. The Balaban J connectivity index is 1.76. The van der Waals surface area contributed by atoms with Crippen LogP contribution in [0.5, 0.6) is 29.0 Å². The van der Waals surface area contributed by atoms with Crippen LogP contribution in [0.25, 0.3) is 22.5 Å². The van der Waals surface area contributed by atoms with Gasteiger partial charge in [0, 0.05) is 41.7 Å². The summed E-state index contributed by atoms with van der Waals surface area (Å²) in [6.07, 6.45) is 3.30. The van der Waals surface area contributed by atoms with E-state index >= 15 is 0 Å². The van der Waals surface area contributed by atoms with Gasteiger partial charge in [-0.15, -0.1) is 0 Å². The number of ether oxygens (including phenoxy) is 4. The molecule has 0 radical (unpaired) electrons. The Bertz CT molecular complexity index is 1350. The van der Waals surface area contributed by atoms with Gasteiger partial charge in [-0.25, -0.2) is 4.98 Å². The van der Waals surface area contributed by atoms with E-state index in [1.807, 2.05) is 25.1 Å². The minimum Gasteiger partial charge on any atom is -0.497 e. The predicted molar refractivity (Wildman–Crippen MR) is 129 cm³/mol. The van der Waals surface area contributed by atoms with Crippen molar-refractivity contribution in [3.05, 3.63) is 60.4 Å². The summed E-state index contributed by atoms with van der Waals surface area (Å²) >= 11 is 0. The van der Waals surface area contributed by atoms with Crippen LogP contribution in [0.3, 0.4) is 0 Å². The van der Waals surface area contributed by atoms with E-state index in [1.165, 1.54) is 4.68 Å². The van der Waals surface area contributed by atoms with E-state index < -0.39 is 5.91 Å². The van der Waals surface area contributed by atoms with Gasteiger partial charge in [-0.3, -0.25) is 9.48 Å². The van der Waals surface area contributed by atoms with Gasteiger partial charge in [0.1, 0.15) is 35.2 Å². The van der Waals surface area contributed by atoms with E-state index in [4.69, 9.17) is 24.7 Å². The van der Waals surface area contributed by atoms with Crippen molar-refractivity contribution < 1.29 is 23.7 Å². The highest BCUT2D eigenvalue weighted by molar-refractivity contribution is 5.80. The van der Waals surface area contributed by atoms with Crippen molar-refractivity contribution in [3.8, 4) is 51.5 Å². The zero-order valence-corrected chi connectivity index (χ0v) is 19.8. The summed E-state index contributed by atoms with van der Waals surface area (Å²) in [6.45, 7) is 1.89. The molecule has 10 nitrogen and oxygen atoms in total. The van der Waals surface area contributed by atoms with Crippen LogP contribution in [0.1, 0.15) is 5.56 Å². The standard InChI is InChI=1S/C25H25N5O5/c1-15-7-16(9-17(8-15)32-2)24-21(13-30(29-24)14-23(26)31)22-5-6-27-25(28-22)35-20-11-18(33-3)10-19(12-20)34-4/h5-13H,14H2,1-4H3,(H2,26,31). The molecule has 0 aliphatic heterocycles. The lowest BCUT2D eigenvalue weighted by Crippen LogP contribution is -2.18. The lowest BCUT2D eigenvalue weighted by atomic mass is 10.0. The van der Waals surface area contributed by atoms with E-state index in [0.717, 1.165) is 11.1 Å². The molecule has 180 valence electrons. The maximum absolute atomic E-state index is 11.6. The number of carbonyl (C=O) groups is 1. The highest BCUT2D eigenvalue weighted by Crippen LogP contribution is 2.34. The first-order valence-corrected chi connectivity index (χ1v) is 10.6. The normalized spacial score (nSPS) is 10.6. The average molecular weight is 476 g/mol. The van der Waals surface area contributed by atoms with E-state index in [0.29, 0.717) is 39.9 Å². The number of benzene rings is 2. The number of aryl methyl sites for hydroxylation is 1. The monoisotopic (exact) mass is 475 g/mol. The van der Waals surface area contributed by atoms with Crippen molar-refractivity contribution in [2.45, 2.75) is 13.5 Å². The van der Waals surface area contributed by atoms with Crippen LogP contribution in [-0.2, 0) is 11.3 Å². The Morgan fingerprint density at radius 2 is 1.60 bits per heavy atom. The molecular formula is C25H25N5O5. The molecule has 2 aromatic heterocycles. The Hall–Kier alpha value is -4.60. The van der Waals surface area contributed by atoms with Crippen LogP contribution < -0.4 is 24.7 Å². The molecule has 0 fully saturated rings. The number of aromatic nitrogens is 4. The number of hydrogen-bond donors (Lipinski definition) is 1. The second-order valence-electron chi connectivity index (χ2n) is 7.67. The Morgan fingerprint density at radius 1 is 0.943 bits per heavy atom. The van der Waals surface area contributed by atoms with E-state index in [-0.39, 0.29) is 12.6 Å². The summed E-state index contributed by atoms with van der Waals surface area (Å²) in [7, 11) is 4.72. The molecule has 2 heterocycles. The maximum atomic E-state index is 11.6. The maximum Gasteiger partial charge on any atom is 0.322 e. The fraction of sp³-hybridized carbons (Fsp3) is 0.200. The number of methoxy groups -OCH3 is 3. The van der Waals surface area contributed by atoms with Gasteiger partial charge in [0.05, 0.1) is 27.0 Å². The van der Waals surface area contributed by atoms with E-state index in [9.17, 15) is 4.79 Å². The molecule has 0 saturated heterocycles. The summed E-state index contributed by atoms with van der Waals surface area (Å²) in [6, 6.07) is 12.8. The molecule has 0 aliphatic carbocycles. The van der Waals surface area contributed by atoms with Crippen molar-refractivity contribution in [3.63, 3.8) is 0 Å². The van der Waals surface area contributed by atoms with Gasteiger partial charge in [0.15, 0.2) is 0 Å². The number of rotatable bonds is 9. The smallest absolute Gasteiger partial charge is 0.322 e. The molecule has 10 heteroatoms. The van der Waals surface area contributed by atoms with Crippen molar-refractivity contribution >= 4 is 5.91 Å². The number of carbonyl (C=O) groups excluding carboxylic acids is 1. The first kappa shape index (κ1) is 23.6. The quantitative estimate of drug-likeness (QED) is 0.389. The Kier molecular flexibility index (Phi) is 6.81. The third-order valence-electron chi connectivity index (χ3n) is 5.08. The average Bonchev–Trinajstić information content (AvgIpc) is 3.26. The number of hydrogen-bond acceptors (Lipinski definition) is 8. The molecule has 1 amide bonds. The third-order valence-corrected chi connectivity index (χ3v) is 5.08. The van der Waals surface area contributed by atoms with Crippen molar-refractivity contribution in [2.75, 3.05) is 21.3 Å². The van der Waals surface area contributed by atoms with Crippen molar-refractivity contribution in [1.29, 1.82) is 0 Å². The van der Waals surface area contributed by atoms with Gasteiger partial charge >= 0.3 is 6.01 Å². The van der Waals surface area contributed by atoms with Gasteiger partial charge in [-0.2, -0.15) is 10.1 Å². The molecule has 0 spiro atoms. The fourth-order valence-electron chi connectivity index (χ4n) is 3.55. The van der Waals surface area contributed by atoms with Crippen LogP contribution in [0.4, 0.5) is 0 Å². The minimum atomic E-state index is -0.508. The summed E-state index contributed by atoms with van der Waals surface area (Å²) in [5.41, 5.74) is 9.04. The Morgan fingerprint density at radius 3 is 2.26 bits per heavy atom. The predicted octanol–water partition coefficient (Wildman–Crippen LogP) is 3.62. The van der Waals surface area contributed by atoms with Gasteiger partial charge in [0.2, 0.25) is 5.91 Å². The lowest BCUT2D eigenvalue weighted by molar-refractivity contribution is -0.118. The number of primary amides is 1. The second-order valence-corrected chi connectivity index (χ2v) is 7.67. The summed E-state index contributed by atoms with van der Waals surface area (Å²) in [4.78, 5) is 20.4. The molecule has 4 rings (SSSR count). The highest BCUT2D eigenvalue weighted by Gasteiger charge is 2.18. The number of nitrogens with two attached hydrogens (primary N) is 1. The molecule has 35 heavy (non-hydrogen) atoms. The molecule has 2 N–H and O–H groups in total. The Labute approximate surface area is 202 Å². The summed E-state index contributed by atoms with van der Waals surface area (Å²) in [5, 5.41) is 4.60. The lowest BCUT2D eigenvalue weighted by Gasteiger charge is -2.10. The number of amides is 1. The van der Waals surface area contributed by atoms with Crippen LogP contribution >= 0.6 is 0 Å².